The van der Waals surface area contributed by atoms with Crippen LogP contribution in [-0.2, 0) is 14.3 Å². The fraction of sp³-hybridized carbons (Fsp3) is 0.346. The Bertz CT molecular complexity index is 1020. The number of nitrogens with zero attached hydrogens (tertiary/aromatic N) is 1. The van der Waals surface area contributed by atoms with Crippen molar-refractivity contribution in [3.8, 4) is 0 Å². The number of anilines is 1. The van der Waals surface area contributed by atoms with Gasteiger partial charge in [0.05, 0.1) is 0 Å². The second-order valence-corrected chi connectivity index (χ2v) is 8.89. The van der Waals surface area contributed by atoms with E-state index in [1.807, 2.05) is 50.2 Å². The minimum Gasteiger partial charge on any atom is -0.444 e. The van der Waals surface area contributed by atoms with Gasteiger partial charge in [0.2, 0.25) is 5.91 Å². The number of hydrogen-bond acceptors (Lipinski definition) is 4. The molecule has 176 valence electrons. The molecule has 1 atom stereocenters. The molecule has 7 heteroatoms. The lowest BCUT2D eigenvalue weighted by Gasteiger charge is -2.29. The number of ether oxygens (including phenoxy) is 1. The zero-order valence-electron chi connectivity index (χ0n) is 20.2. The fourth-order valence-electron chi connectivity index (χ4n) is 3.34. The van der Waals surface area contributed by atoms with E-state index in [0.29, 0.717) is 11.3 Å². The predicted octanol–water partition coefficient (Wildman–Crippen LogP) is 4.61. The minimum absolute atomic E-state index is 0.306. The van der Waals surface area contributed by atoms with Crippen molar-refractivity contribution in [2.24, 2.45) is 0 Å². The first kappa shape index (κ1) is 25.6. The summed E-state index contributed by atoms with van der Waals surface area (Å²) in [4.78, 5) is 39.7. The summed E-state index contributed by atoms with van der Waals surface area (Å²) >= 11 is 0. The van der Waals surface area contributed by atoms with E-state index < -0.39 is 23.6 Å². The van der Waals surface area contributed by atoms with Crippen molar-refractivity contribution < 1.29 is 19.1 Å². The van der Waals surface area contributed by atoms with E-state index in [1.54, 1.807) is 32.9 Å². The molecule has 2 aromatic rings. The molecule has 0 aliphatic carbocycles. The van der Waals surface area contributed by atoms with Gasteiger partial charge in [0.25, 0.3) is 5.91 Å². The van der Waals surface area contributed by atoms with Gasteiger partial charge in [-0.3, -0.25) is 9.59 Å². The van der Waals surface area contributed by atoms with Gasteiger partial charge in [-0.05, 0) is 62.9 Å². The molecule has 0 aliphatic rings. The molecule has 2 aromatic carbocycles. The zero-order valence-corrected chi connectivity index (χ0v) is 20.2. The fourth-order valence-corrected chi connectivity index (χ4v) is 3.34. The van der Waals surface area contributed by atoms with Gasteiger partial charge in [0, 0.05) is 12.7 Å². The largest absolute Gasteiger partial charge is 0.444 e. The first-order valence-corrected chi connectivity index (χ1v) is 10.7. The van der Waals surface area contributed by atoms with Gasteiger partial charge in [-0.1, -0.05) is 49.1 Å². The molecule has 0 aromatic heterocycles. The number of nitrogens with one attached hydrogen (secondary N) is 2. The molecule has 0 bridgehead atoms. The van der Waals surface area contributed by atoms with Crippen LogP contribution in [0, 0.1) is 13.8 Å². The number of aryl methyl sites for hydroxylation is 2. The average Bonchev–Trinajstić information content (AvgIpc) is 2.73. The Labute approximate surface area is 195 Å². The van der Waals surface area contributed by atoms with Crippen LogP contribution in [0.2, 0.25) is 0 Å². The first-order chi connectivity index (χ1) is 15.4. The lowest BCUT2D eigenvalue weighted by molar-refractivity contribution is -0.136. The summed E-state index contributed by atoms with van der Waals surface area (Å²) in [6, 6.07) is 12.1. The van der Waals surface area contributed by atoms with Gasteiger partial charge in [0.15, 0.2) is 0 Å². The van der Waals surface area contributed by atoms with Crippen LogP contribution in [0.25, 0.3) is 6.08 Å². The standard InChI is InChI=1S/C26H33N3O4/c1-8-19-13-10-14-20(15-19)23(24(31)28-22-17(2)11-9-12-18(22)3)29(7)21(30)16-27-25(32)33-26(4,5)6/h8-15,23H,1,16H2,2-7H3,(H,27,32)(H,28,31). The van der Waals surface area contributed by atoms with Crippen LogP contribution >= 0.6 is 0 Å². The van der Waals surface area contributed by atoms with Crippen LogP contribution < -0.4 is 10.6 Å². The summed E-state index contributed by atoms with van der Waals surface area (Å²) in [5.74, 6) is -0.798. The lowest BCUT2D eigenvalue weighted by Crippen LogP contribution is -2.44. The number of para-hydroxylation sites is 1. The predicted molar refractivity (Wildman–Crippen MR) is 131 cm³/mol. The van der Waals surface area contributed by atoms with Crippen molar-refractivity contribution in [2.45, 2.75) is 46.3 Å². The molecule has 0 saturated heterocycles. The second kappa shape index (κ2) is 10.8. The Morgan fingerprint density at radius 2 is 1.70 bits per heavy atom. The van der Waals surface area contributed by atoms with Crippen LogP contribution in [-0.4, -0.2) is 42.0 Å². The van der Waals surface area contributed by atoms with Crippen LogP contribution in [0.4, 0.5) is 10.5 Å². The monoisotopic (exact) mass is 451 g/mol. The third kappa shape index (κ3) is 7.20. The minimum atomic E-state index is -0.920. The topological polar surface area (TPSA) is 87.7 Å². The number of carbonyl (C=O) groups excluding carboxylic acids is 3. The Balaban J connectivity index is 2.30. The van der Waals surface area contributed by atoms with Crippen LogP contribution in [0.3, 0.4) is 0 Å². The third-order valence-electron chi connectivity index (χ3n) is 5.00. The van der Waals surface area contributed by atoms with E-state index in [-0.39, 0.29) is 12.5 Å². The van der Waals surface area contributed by atoms with Crippen molar-refractivity contribution in [1.29, 1.82) is 0 Å². The Kier molecular flexibility index (Phi) is 8.40. The van der Waals surface area contributed by atoms with Crippen molar-refractivity contribution in [2.75, 3.05) is 18.9 Å². The Hall–Kier alpha value is -3.61. The van der Waals surface area contributed by atoms with Gasteiger partial charge in [-0.25, -0.2) is 4.79 Å². The first-order valence-electron chi connectivity index (χ1n) is 10.7. The Morgan fingerprint density at radius 3 is 2.27 bits per heavy atom. The molecule has 0 heterocycles. The summed E-state index contributed by atoms with van der Waals surface area (Å²) in [6.45, 7) is 12.5. The third-order valence-corrected chi connectivity index (χ3v) is 5.00. The molecule has 2 N–H and O–H groups in total. The number of amides is 3. The molecule has 0 fully saturated rings. The summed E-state index contributed by atoms with van der Waals surface area (Å²) < 4.78 is 5.18. The van der Waals surface area contributed by atoms with Crippen LogP contribution in [0.1, 0.15) is 49.1 Å². The normalized spacial score (nSPS) is 11.8. The lowest BCUT2D eigenvalue weighted by atomic mass is 10.0. The molecule has 2 rings (SSSR count). The van der Waals surface area contributed by atoms with Crippen molar-refractivity contribution in [1.82, 2.24) is 10.2 Å². The number of carbonyl (C=O) groups is 3. The summed E-state index contributed by atoms with van der Waals surface area (Å²) in [6.07, 6.45) is 0.977. The van der Waals surface area contributed by atoms with E-state index >= 15 is 0 Å². The van der Waals surface area contributed by atoms with Gasteiger partial charge in [0.1, 0.15) is 18.2 Å². The number of benzene rings is 2. The molecule has 7 nitrogen and oxygen atoms in total. The molecule has 0 spiro atoms. The van der Waals surface area contributed by atoms with E-state index in [1.165, 1.54) is 11.9 Å². The highest BCUT2D eigenvalue weighted by molar-refractivity contribution is 5.99. The number of rotatable bonds is 7. The van der Waals surface area contributed by atoms with Crippen LogP contribution in [0.15, 0.2) is 49.0 Å². The maximum atomic E-state index is 13.4. The SMILES string of the molecule is C=Cc1cccc(C(C(=O)Nc2c(C)cccc2C)N(C)C(=O)CNC(=O)OC(C)(C)C)c1. The van der Waals surface area contributed by atoms with Crippen molar-refractivity contribution in [3.05, 3.63) is 71.3 Å². The molecular formula is C26H33N3O4. The molecule has 1 unspecified atom stereocenters. The van der Waals surface area contributed by atoms with E-state index in [2.05, 4.69) is 17.2 Å². The molecule has 0 saturated carbocycles. The molecule has 0 radical (unpaired) electrons. The summed E-state index contributed by atoms with van der Waals surface area (Å²) in [5, 5.41) is 5.43. The molecule has 33 heavy (non-hydrogen) atoms. The van der Waals surface area contributed by atoms with Gasteiger partial charge >= 0.3 is 6.09 Å². The van der Waals surface area contributed by atoms with Gasteiger partial charge in [-0.2, -0.15) is 0 Å². The molecule has 3 amide bonds. The van der Waals surface area contributed by atoms with Gasteiger partial charge in [-0.15, -0.1) is 0 Å². The summed E-state index contributed by atoms with van der Waals surface area (Å²) in [7, 11) is 1.54. The number of hydrogen-bond donors (Lipinski definition) is 2. The highest BCUT2D eigenvalue weighted by atomic mass is 16.6. The highest BCUT2D eigenvalue weighted by Gasteiger charge is 2.30. The Morgan fingerprint density at radius 1 is 1.09 bits per heavy atom. The second-order valence-electron chi connectivity index (χ2n) is 8.89. The van der Waals surface area contributed by atoms with Crippen LogP contribution in [0.5, 0.6) is 0 Å². The smallest absolute Gasteiger partial charge is 0.408 e. The van der Waals surface area contributed by atoms with E-state index in [4.69, 9.17) is 4.74 Å². The summed E-state index contributed by atoms with van der Waals surface area (Å²) in [5.41, 5.74) is 3.32. The van der Waals surface area contributed by atoms with Crippen molar-refractivity contribution >= 4 is 29.7 Å². The maximum absolute atomic E-state index is 13.4. The zero-order chi connectivity index (χ0) is 24.8. The highest BCUT2D eigenvalue weighted by Crippen LogP contribution is 2.26. The van der Waals surface area contributed by atoms with E-state index in [0.717, 1.165) is 16.7 Å². The number of alkyl carbamates (subject to hydrolysis) is 1. The number of likely N-dealkylation sites (N-methyl/N-ethyl adjacent to an activating group) is 1. The maximum Gasteiger partial charge on any atom is 0.408 e. The molecule has 0 aliphatic heterocycles. The average molecular weight is 452 g/mol. The van der Waals surface area contributed by atoms with Crippen molar-refractivity contribution in [3.63, 3.8) is 0 Å². The van der Waals surface area contributed by atoms with E-state index in [9.17, 15) is 14.4 Å². The van der Waals surface area contributed by atoms with Gasteiger partial charge < -0.3 is 20.3 Å². The molecular weight excluding hydrogens is 418 g/mol. The quantitative estimate of drug-likeness (QED) is 0.644.